The minimum atomic E-state index is 0.589. The fourth-order valence-electron chi connectivity index (χ4n) is 2.50. The molecule has 0 aliphatic carbocycles. The lowest BCUT2D eigenvalue weighted by molar-refractivity contribution is 0.620. The summed E-state index contributed by atoms with van der Waals surface area (Å²) in [5.41, 5.74) is 11.1. The fourth-order valence-corrected chi connectivity index (χ4v) is 2.66. The van der Waals surface area contributed by atoms with Crippen LogP contribution in [-0.2, 0) is 0 Å². The first-order chi connectivity index (χ1) is 12.2. The van der Waals surface area contributed by atoms with Crippen molar-refractivity contribution in [3.63, 3.8) is 0 Å². The number of fused-ring (bicyclic) bond motifs is 1. The Kier molecular flexibility index (Phi) is 5.05. The number of halogens is 1. The normalized spacial score (nSPS) is 10.4. The van der Waals surface area contributed by atoms with Crippen LogP contribution < -0.4 is 5.73 Å². The highest BCUT2D eigenvalue weighted by Crippen LogP contribution is 2.28. The Morgan fingerprint density at radius 2 is 1.36 bits per heavy atom. The molecule has 0 saturated carbocycles. The molecular formula is C21H19ClN2O. The van der Waals surface area contributed by atoms with Gasteiger partial charge in [0.1, 0.15) is 5.52 Å². The lowest BCUT2D eigenvalue weighted by Gasteiger charge is -2.03. The van der Waals surface area contributed by atoms with Gasteiger partial charge in [-0.05, 0) is 47.5 Å². The Morgan fingerprint density at radius 1 is 0.800 bits per heavy atom. The number of aromatic nitrogens is 1. The predicted octanol–water partition coefficient (Wildman–Crippen LogP) is 6.42. The quantitative estimate of drug-likeness (QED) is 0.424. The van der Waals surface area contributed by atoms with Gasteiger partial charge in [0.05, 0.1) is 0 Å². The molecule has 1 heterocycles. The maximum atomic E-state index is 5.98. The van der Waals surface area contributed by atoms with Gasteiger partial charge < -0.3 is 10.2 Å². The minimum absolute atomic E-state index is 0.589. The third kappa shape index (κ3) is 3.67. The molecule has 4 rings (SSSR count). The second-order valence-electron chi connectivity index (χ2n) is 5.33. The summed E-state index contributed by atoms with van der Waals surface area (Å²) in [4.78, 5) is 4.50. The largest absolute Gasteiger partial charge is 0.436 e. The van der Waals surface area contributed by atoms with Crippen LogP contribution in [-0.4, -0.2) is 4.98 Å². The van der Waals surface area contributed by atoms with Gasteiger partial charge in [0.2, 0.25) is 5.89 Å². The summed E-state index contributed by atoms with van der Waals surface area (Å²) in [6, 6.07) is 21.3. The Labute approximate surface area is 152 Å². The van der Waals surface area contributed by atoms with Crippen LogP contribution in [0.1, 0.15) is 13.8 Å². The number of rotatable bonds is 2. The van der Waals surface area contributed by atoms with E-state index in [1.165, 1.54) is 0 Å². The molecule has 0 saturated heterocycles. The van der Waals surface area contributed by atoms with Crippen LogP contribution in [0.15, 0.2) is 71.1 Å². The summed E-state index contributed by atoms with van der Waals surface area (Å²) in [7, 11) is 0. The van der Waals surface area contributed by atoms with Crippen molar-refractivity contribution < 1.29 is 4.42 Å². The number of nitrogen functional groups attached to an aromatic ring is 1. The molecule has 4 heteroatoms. The molecule has 0 spiro atoms. The summed E-state index contributed by atoms with van der Waals surface area (Å²) < 4.78 is 5.78. The maximum absolute atomic E-state index is 5.98. The second-order valence-corrected chi connectivity index (χ2v) is 5.77. The van der Waals surface area contributed by atoms with E-state index in [2.05, 4.69) is 4.98 Å². The van der Waals surface area contributed by atoms with Crippen LogP contribution in [0.3, 0.4) is 0 Å². The van der Waals surface area contributed by atoms with Crippen molar-refractivity contribution in [2.24, 2.45) is 0 Å². The molecule has 126 valence electrons. The predicted molar refractivity (Wildman–Crippen MR) is 106 cm³/mol. The molecule has 25 heavy (non-hydrogen) atoms. The first kappa shape index (κ1) is 17.1. The molecule has 0 radical (unpaired) electrons. The number of hydrogen-bond acceptors (Lipinski definition) is 3. The molecule has 0 atom stereocenters. The molecule has 0 bridgehead atoms. The molecule has 3 nitrogen and oxygen atoms in total. The topological polar surface area (TPSA) is 52.0 Å². The number of anilines is 1. The highest BCUT2D eigenvalue weighted by Gasteiger charge is 2.09. The smallest absolute Gasteiger partial charge is 0.227 e. The summed E-state index contributed by atoms with van der Waals surface area (Å²) in [5, 5.41) is 0.638. The van der Waals surface area contributed by atoms with Gasteiger partial charge in [-0.1, -0.05) is 49.7 Å². The van der Waals surface area contributed by atoms with Crippen LogP contribution in [0.2, 0.25) is 5.02 Å². The van der Waals surface area contributed by atoms with Gasteiger partial charge in [0.15, 0.2) is 5.58 Å². The summed E-state index contributed by atoms with van der Waals surface area (Å²) >= 11 is 5.98. The van der Waals surface area contributed by atoms with E-state index in [1.807, 2.05) is 68.4 Å². The number of benzene rings is 3. The van der Waals surface area contributed by atoms with E-state index in [0.717, 1.165) is 27.9 Å². The summed E-state index contributed by atoms with van der Waals surface area (Å²) in [6.45, 7) is 4.00. The zero-order chi connectivity index (χ0) is 17.8. The number of oxazole rings is 1. The molecule has 4 aromatic rings. The van der Waals surface area contributed by atoms with Crippen molar-refractivity contribution in [2.75, 3.05) is 5.73 Å². The van der Waals surface area contributed by atoms with Gasteiger partial charge in [-0.3, -0.25) is 0 Å². The zero-order valence-corrected chi connectivity index (χ0v) is 14.9. The van der Waals surface area contributed by atoms with Crippen molar-refractivity contribution in [3.8, 4) is 22.6 Å². The van der Waals surface area contributed by atoms with E-state index in [1.54, 1.807) is 12.1 Å². The fraction of sp³-hybridized carbons (Fsp3) is 0.0952. The first-order valence-corrected chi connectivity index (χ1v) is 8.59. The van der Waals surface area contributed by atoms with E-state index >= 15 is 0 Å². The molecule has 0 aliphatic heterocycles. The lowest BCUT2D eigenvalue weighted by Crippen LogP contribution is -1.84. The highest BCUT2D eigenvalue weighted by molar-refractivity contribution is 6.31. The SMILES string of the molecule is CC.Nc1ccc(-c2ccc(-c3nc4ccc(Cl)cc4o3)cc2)cc1. The Balaban J connectivity index is 0.000000880. The van der Waals surface area contributed by atoms with E-state index < -0.39 is 0 Å². The van der Waals surface area contributed by atoms with E-state index in [-0.39, 0.29) is 0 Å². The van der Waals surface area contributed by atoms with Gasteiger partial charge in [-0.2, -0.15) is 0 Å². The van der Waals surface area contributed by atoms with Crippen molar-refractivity contribution in [1.82, 2.24) is 4.98 Å². The van der Waals surface area contributed by atoms with Crippen molar-refractivity contribution in [1.29, 1.82) is 0 Å². The monoisotopic (exact) mass is 350 g/mol. The Morgan fingerprint density at radius 3 is 2.00 bits per heavy atom. The molecule has 0 fully saturated rings. The average molecular weight is 351 g/mol. The van der Waals surface area contributed by atoms with Crippen molar-refractivity contribution in [2.45, 2.75) is 13.8 Å². The summed E-state index contributed by atoms with van der Waals surface area (Å²) in [5.74, 6) is 0.589. The van der Waals surface area contributed by atoms with Gasteiger partial charge >= 0.3 is 0 Å². The van der Waals surface area contributed by atoms with E-state index in [0.29, 0.717) is 16.5 Å². The van der Waals surface area contributed by atoms with E-state index in [4.69, 9.17) is 21.8 Å². The number of hydrogen-bond donors (Lipinski definition) is 1. The average Bonchev–Trinajstić information content (AvgIpc) is 3.07. The van der Waals surface area contributed by atoms with Crippen molar-refractivity contribution in [3.05, 3.63) is 71.8 Å². The van der Waals surface area contributed by atoms with E-state index in [9.17, 15) is 0 Å². The minimum Gasteiger partial charge on any atom is -0.436 e. The summed E-state index contributed by atoms with van der Waals surface area (Å²) in [6.07, 6.45) is 0. The first-order valence-electron chi connectivity index (χ1n) is 8.21. The highest BCUT2D eigenvalue weighted by atomic mass is 35.5. The molecule has 1 aromatic heterocycles. The molecule has 2 N–H and O–H groups in total. The Bertz CT molecular complexity index is 973. The van der Waals surface area contributed by atoms with Crippen LogP contribution in [0.4, 0.5) is 5.69 Å². The van der Waals surface area contributed by atoms with Gasteiger partial charge in [0, 0.05) is 22.3 Å². The molecular weight excluding hydrogens is 332 g/mol. The zero-order valence-electron chi connectivity index (χ0n) is 14.2. The maximum Gasteiger partial charge on any atom is 0.227 e. The number of nitrogens with zero attached hydrogens (tertiary/aromatic N) is 1. The Hall–Kier alpha value is -2.78. The second kappa shape index (κ2) is 7.41. The van der Waals surface area contributed by atoms with Crippen LogP contribution in [0.25, 0.3) is 33.7 Å². The van der Waals surface area contributed by atoms with Crippen molar-refractivity contribution >= 4 is 28.4 Å². The third-order valence-corrected chi connectivity index (χ3v) is 3.96. The molecule has 0 aliphatic rings. The van der Waals surface area contributed by atoms with Gasteiger partial charge in [-0.15, -0.1) is 0 Å². The molecule has 3 aromatic carbocycles. The van der Waals surface area contributed by atoms with Crippen LogP contribution in [0, 0.1) is 0 Å². The third-order valence-electron chi connectivity index (χ3n) is 3.73. The van der Waals surface area contributed by atoms with Gasteiger partial charge in [0.25, 0.3) is 0 Å². The molecule has 0 amide bonds. The number of nitrogens with two attached hydrogens (primary N) is 1. The lowest BCUT2D eigenvalue weighted by atomic mass is 10.0. The van der Waals surface area contributed by atoms with Gasteiger partial charge in [-0.25, -0.2) is 4.98 Å². The standard InChI is InChI=1S/C19H13ClN2O.C2H6/c20-15-7-10-17-18(11-15)23-19(22-17)14-3-1-12(2-4-14)13-5-8-16(21)9-6-13;1-2/h1-11H,21H2;1-2H3. The van der Waals surface area contributed by atoms with Crippen LogP contribution >= 0.6 is 11.6 Å². The van der Waals surface area contributed by atoms with Crippen LogP contribution in [0.5, 0.6) is 0 Å². The molecule has 0 unspecified atom stereocenters.